The maximum atomic E-state index is 14.7. The number of anilines is 1. The molecular formula is C23H35FN2O3. The fraction of sp³-hybridized carbons (Fsp3) is 0.696. The molecule has 5 nitrogen and oxygen atoms in total. The van der Waals surface area contributed by atoms with Gasteiger partial charge in [-0.3, -0.25) is 0 Å². The Balaban J connectivity index is 1.81. The molecule has 3 rings (SSSR count). The van der Waals surface area contributed by atoms with Crippen LogP contribution < -0.4 is 4.90 Å². The normalized spacial score (nSPS) is 24.6. The van der Waals surface area contributed by atoms with Gasteiger partial charge < -0.3 is 19.3 Å². The third-order valence-corrected chi connectivity index (χ3v) is 6.01. The molecule has 3 unspecified atom stereocenters. The number of ether oxygens (including phenoxy) is 2. The minimum absolute atomic E-state index is 0.0809. The summed E-state index contributed by atoms with van der Waals surface area (Å²) in [6.07, 6.45) is 2.61. The van der Waals surface area contributed by atoms with Crippen LogP contribution in [-0.2, 0) is 9.47 Å². The van der Waals surface area contributed by atoms with E-state index in [9.17, 15) is 9.18 Å². The van der Waals surface area contributed by atoms with Crippen molar-refractivity contribution in [1.82, 2.24) is 4.90 Å². The number of fused-ring (bicyclic) bond motifs is 1. The number of hydrogen-bond acceptors (Lipinski definition) is 4. The van der Waals surface area contributed by atoms with Crippen molar-refractivity contribution in [3.05, 3.63) is 29.6 Å². The Kier molecular flexibility index (Phi) is 6.72. The van der Waals surface area contributed by atoms with Gasteiger partial charge in [0.2, 0.25) is 0 Å². The molecule has 29 heavy (non-hydrogen) atoms. The molecule has 6 heteroatoms. The van der Waals surface area contributed by atoms with E-state index in [1.807, 2.05) is 31.7 Å². The summed E-state index contributed by atoms with van der Waals surface area (Å²) < 4.78 is 25.5. The Labute approximate surface area is 174 Å². The van der Waals surface area contributed by atoms with Crippen LogP contribution in [0.25, 0.3) is 0 Å². The van der Waals surface area contributed by atoms with Gasteiger partial charge in [0.15, 0.2) is 0 Å². The lowest BCUT2D eigenvalue weighted by molar-refractivity contribution is 0.0147. The van der Waals surface area contributed by atoms with Gasteiger partial charge in [-0.1, -0.05) is 13.0 Å². The summed E-state index contributed by atoms with van der Waals surface area (Å²) in [5, 5.41) is 0. The molecule has 0 saturated carbocycles. The van der Waals surface area contributed by atoms with Crippen molar-refractivity contribution in [3.8, 4) is 0 Å². The molecule has 162 valence electrons. The minimum Gasteiger partial charge on any atom is -0.444 e. The summed E-state index contributed by atoms with van der Waals surface area (Å²) in [6.45, 7) is 10.7. The van der Waals surface area contributed by atoms with Gasteiger partial charge in [-0.25, -0.2) is 9.18 Å². The van der Waals surface area contributed by atoms with Crippen molar-refractivity contribution in [2.24, 2.45) is 5.92 Å². The molecular weight excluding hydrogens is 371 g/mol. The van der Waals surface area contributed by atoms with Crippen molar-refractivity contribution in [3.63, 3.8) is 0 Å². The van der Waals surface area contributed by atoms with Gasteiger partial charge in [0.1, 0.15) is 11.4 Å². The quantitative estimate of drug-likeness (QED) is 0.659. The first-order chi connectivity index (χ1) is 13.7. The number of hydrogen-bond donors (Lipinski definition) is 0. The maximum Gasteiger partial charge on any atom is 0.410 e. The van der Waals surface area contributed by atoms with Crippen LogP contribution in [0.3, 0.4) is 0 Å². The number of piperidine rings is 1. The maximum absolute atomic E-state index is 14.7. The molecule has 0 N–H and O–H groups in total. The zero-order chi connectivity index (χ0) is 21.2. The van der Waals surface area contributed by atoms with Crippen LogP contribution in [-0.4, -0.2) is 56.0 Å². The second kappa shape index (κ2) is 8.90. The Morgan fingerprint density at radius 1 is 1.31 bits per heavy atom. The molecule has 1 aromatic carbocycles. The van der Waals surface area contributed by atoms with Crippen molar-refractivity contribution < 1.29 is 18.7 Å². The molecule has 0 aliphatic carbocycles. The van der Waals surface area contributed by atoms with Crippen molar-refractivity contribution in [2.75, 3.05) is 38.3 Å². The number of carbonyl (C=O) groups excluding carboxylic acids is 1. The summed E-state index contributed by atoms with van der Waals surface area (Å²) in [4.78, 5) is 16.8. The Morgan fingerprint density at radius 3 is 2.76 bits per heavy atom. The van der Waals surface area contributed by atoms with E-state index in [2.05, 4.69) is 11.8 Å². The predicted molar refractivity (Wildman–Crippen MR) is 113 cm³/mol. The Hall–Kier alpha value is -1.82. The van der Waals surface area contributed by atoms with Crippen LogP contribution in [0.2, 0.25) is 0 Å². The van der Waals surface area contributed by atoms with E-state index >= 15 is 0 Å². The predicted octanol–water partition coefficient (Wildman–Crippen LogP) is 4.80. The third kappa shape index (κ3) is 4.85. The fourth-order valence-electron chi connectivity index (χ4n) is 4.92. The number of amides is 1. The van der Waals surface area contributed by atoms with Gasteiger partial charge in [-0.15, -0.1) is 0 Å². The molecule has 1 amide bonds. The highest BCUT2D eigenvalue weighted by atomic mass is 19.1. The van der Waals surface area contributed by atoms with Gasteiger partial charge in [0.25, 0.3) is 0 Å². The van der Waals surface area contributed by atoms with Crippen LogP contribution in [0.5, 0.6) is 0 Å². The number of nitrogens with zero attached hydrogens (tertiary/aromatic N) is 2. The third-order valence-electron chi connectivity index (χ3n) is 6.01. The smallest absolute Gasteiger partial charge is 0.410 e. The minimum atomic E-state index is -0.504. The molecule has 1 saturated heterocycles. The van der Waals surface area contributed by atoms with Crippen molar-refractivity contribution >= 4 is 11.8 Å². The summed E-state index contributed by atoms with van der Waals surface area (Å²) in [5.41, 5.74) is 1.30. The monoisotopic (exact) mass is 406 g/mol. The SMILES string of the molecule is COCCCN1c2cccc(F)c2C(C)C1C1CCCN(C(=O)OC(C)(C)C)C1. The van der Waals surface area contributed by atoms with Crippen LogP contribution in [0.15, 0.2) is 18.2 Å². The van der Waals surface area contributed by atoms with Crippen LogP contribution >= 0.6 is 0 Å². The molecule has 2 aliphatic heterocycles. The van der Waals surface area contributed by atoms with E-state index in [0.717, 1.165) is 43.6 Å². The topological polar surface area (TPSA) is 42.0 Å². The van der Waals surface area contributed by atoms with Crippen LogP contribution in [0, 0.1) is 11.7 Å². The highest BCUT2D eigenvalue weighted by molar-refractivity contribution is 5.68. The van der Waals surface area contributed by atoms with E-state index in [-0.39, 0.29) is 29.8 Å². The number of likely N-dealkylation sites (tertiary alicyclic amines) is 1. The second-order valence-corrected chi connectivity index (χ2v) is 9.32. The zero-order valence-corrected chi connectivity index (χ0v) is 18.4. The lowest BCUT2D eigenvalue weighted by Gasteiger charge is -2.41. The van der Waals surface area contributed by atoms with E-state index in [4.69, 9.17) is 9.47 Å². The molecule has 3 atom stereocenters. The molecule has 0 radical (unpaired) electrons. The molecule has 2 heterocycles. The molecule has 1 aromatic rings. The first-order valence-corrected chi connectivity index (χ1v) is 10.7. The standard InChI is InChI=1S/C23H35FN2O3/c1-16-20-18(24)10-6-11-19(20)26(13-8-14-28-5)21(16)17-9-7-12-25(15-17)22(27)29-23(2,3)4/h6,10-11,16-17,21H,7-9,12-15H2,1-5H3. The first kappa shape index (κ1) is 21.9. The highest BCUT2D eigenvalue weighted by Gasteiger charge is 2.43. The summed E-state index contributed by atoms with van der Waals surface area (Å²) >= 11 is 0. The summed E-state index contributed by atoms with van der Waals surface area (Å²) in [6, 6.07) is 5.54. The summed E-state index contributed by atoms with van der Waals surface area (Å²) in [5.74, 6) is 0.229. The number of methoxy groups -OCH3 is 1. The van der Waals surface area contributed by atoms with E-state index in [1.54, 1.807) is 19.2 Å². The summed E-state index contributed by atoms with van der Waals surface area (Å²) in [7, 11) is 1.71. The van der Waals surface area contributed by atoms with Gasteiger partial charge in [-0.2, -0.15) is 0 Å². The highest BCUT2D eigenvalue weighted by Crippen LogP contribution is 2.46. The average Bonchev–Trinajstić information content (AvgIpc) is 2.94. The molecule has 0 spiro atoms. The molecule has 0 aromatic heterocycles. The molecule has 0 bridgehead atoms. The van der Waals surface area contributed by atoms with Gasteiger partial charge in [0.05, 0.1) is 0 Å². The zero-order valence-electron chi connectivity index (χ0n) is 18.4. The number of halogens is 1. The second-order valence-electron chi connectivity index (χ2n) is 9.32. The lowest BCUT2D eigenvalue weighted by Crippen LogP contribution is -2.50. The van der Waals surface area contributed by atoms with Crippen LogP contribution in [0.1, 0.15) is 58.4 Å². The molecule has 1 fully saturated rings. The molecule has 2 aliphatic rings. The first-order valence-electron chi connectivity index (χ1n) is 10.7. The Bertz CT molecular complexity index is 719. The Morgan fingerprint density at radius 2 is 2.07 bits per heavy atom. The van der Waals surface area contributed by atoms with Gasteiger partial charge in [0, 0.05) is 56.6 Å². The van der Waals surface area contributed by atoms with E-state index in [0.29, 0.717) is 13.2 Å². The number of benzene rings is 1. The fourth-order valence-corrected chi connectivity index (χ4v) is 4.92. The number of rotatable bonds is 5. The van der Waals surface area contributed by atoms with Gasteiger partial charge >= 0.3 is 6.09 Å². The van der Waals surface area contributed by atoms with Gasteiger partial charge in [-0.05, 0) is 58.1 Å². The largest absolute Gasteiger partial charge is 0.444 e. The lowest BCUT2D eigenvalue weighted by atomic mass is 9.82. The van der Waals surface area contributed by atoms with E-state index < -0.39 is 5.60 Å². The number of carbonyl (C=O) groups is 1. The average molecular weight is 407 g/mol. The van der Waals surface area contributed by atoms with Crippen molar-refractivity contribution in [2.45, 2.75) is 64.5 Å². The van der Waals surface area contributed by atoms with Crippen LogP contribution in [0.4, 0.5) is 14.9 Å². The van der Waals surface area contributed by atoms with Crippen molar-refractivity contribution in [1.29, 1.82) is 0 Å². The van der Waals surface area contributed by atoms with E-state index in [1.165, 1.54) is 0 Å².